The topological polar surface area (TPSA) is 66.9 Å². The minimum Gasteiger partial charge on any atom is -0.324 e. The molecule has 0 fully saturated rings. The number of amides is 1. The third-order valence-electron chi connectivity index (χ3n) is 3.55. The second-order valence-electron chi connectivity index (χ2n) is 5.75. The number of aryl methyl sites for hydroxylation is 2. The van der Waals surface area contributed by atoms with Crippen LogP contribution in [0.15, 0.2) is 48.5 Å². The number of hydrogen-bond acceptors (Lipinski definition) is 4. The molecule has 1 heterocycles. The van der Waals surface area contributed by atoms with Crippen LogP contribution in [0.1, 0.15) is 21.7 Å². The number of anilines is 3. The summed E-state index contributed by atoms with van der Waals surface area (Å²) in [7, 11) is 0. The number of hydrogen-bond donors (Lipinski definition) is 2. The predicted molar refractivity (Wildman–Crippen MR) is 106 cm³/mol. The Kier molecular flexibility index (Phi) is 5.40. The summed E-state index contributed by atoms with van der Waals surface area (Å²) in [4.78, 5) is 21.0. The van der Waals surface area contributed by atoms with Crippen molar-refractivity contribution in [2.45, 2.75) is 13.8 Å². The van der Waals surface area contributed by atoms with E-state index < -0.39 is 0 Å². The van der Waals surface area contributed by atoms with Crippen LogP contribution < -0.4 is 10.6 Å². The molecule has 132 valence electrons. The van der Waals surface area contributed by atoms with Gasteiger partial charge in [0, 0.05) is 27.8 Å². The number of halogens is 2. The van der Waals surface area contributed by atoms with Gasteiger partial charge in [-0.1, -0.05) is 23.2 Å². The van der Waals surface area contributed by atoms with Crippen molar-refractivity contribution in [2.24, 2.45) is 0 Å². The van der Waals surface area contributed by atoms with Crippen LogP contribution in [-0.4, -0.2) is 15.9 Å². The quantitative estimate of drug-likeness (QED) is 0.629. The average molecular weight is 387 g/mol. The van der Waals surface area contributed by atoms with Crippen molar-refractivity contribution in [3.05, 3.63) is 75.5 Å². The predicted octanol–water partition coefficient (Wildman–Crippen LogP) is 5.40. The highest BCUT2D eigenvalue weighted by molar-refractivity contribution is 6.36. The molecule has 1 aromatic heterocycles. The fourth-order valence-corrected chi connectivity index (χ4v) is 2.79. The zero-order chi connectivity index (χ0) is 18.7. The molecule has 26 heavy (non-hydrogen) atoms. The van der Waals surface area contributed by atoms with Gasteiger partial charge in [-0.3, -0.25) is 4.79 Å². The van der Waals surface area contributed by atoms with Crippen LogP contribution in [0.3, 0.4) is 0 Å². The maximum absolute atomic E-state index is 12.3. The largest absolute Gasteiger partial charge is 0.324 e. The van der Waals surface area contributed by atoms with E-state index in [-0.39, 0.29) is 5.91 Å². The lowest BCUT2D eigenvalue weighted by atomic mass is 10.2. The summed E-state index contributed by atoms with van der Waals surface area (Å²) in [6.07, 6.45) is 0. The van der Waals surface area contributed by atoms with Gasteiger partial charge in [0.05, 0.1) is 10.6 Å². The fraction of sp³-hybridized carbons (Fsp3) is 0.105. The van der Waals surface area contributed by atoms with E-state index in [1.807, 2.05) is 32.0 Å². The minimum absolute atomic E-state index is 0.323. The number of aromatic nitrogens is 2. The van der Waals surface area contributed by atoms with E-state index in [0.29, 0.717) is 27.2 Å². The number of benzene rings is 2. The molecule has 7 heteroatoms. The lowest BCUT2D eigenvalue weighted by molar-refractivity contribution is 0.102. The molecule has 2 aromatic carbocycles. The molecule has 1 amide bonds. The summed E-state index contributed by atoms with van der Waals surface area (Å²) in [5.74, 6) is 0.209. The smallest absolute Gasteiger partial charge is 0.257 e. The first-order valence-electron chi connectivity index (χ1n) is 7.86. The van der Waals surface area contributed by atoms with Crippen molar-refractivity contribution in [2.75, 3.05) is 10.6 Å². The molecule has 0 saturated carbocycles. The summed E-state index contributed by atoms with van der Waals surface area (Å²) in [5, 5.41) is 6.73. The normalized spacial score (nSPS) is 10.5. The van der Waals surface area contributed by atoms with Gasteiger partial charge >= 0.3 is 0 Å². The van der Waals surface area contributed by atoms with E-state index in [0.717, 1.165) is 17.1 Å². The standard InChI is InChI=1S/C19H16Cl2N4O/c1-11-9-12(2)23-19(22-11)25-15-6-4-14(5-7-15)24-18(26)16-10-13(20)3-8-17(16)21/h3-10H,1-2H3,(H,24,26)(H,22,23,25). The van der Waals surface area contributed by atoms with E-state index in [2.05, 4.69) is 20.6 Å². The molecule has 0 bridgehead atoms. The molecule has 0 spiro atoms. The van der Waals surface area contributed by atoms with Crippen molar-refractivity contribution in [3.8, 4) is 0 Å². The minimum atomic E-state index is -0.323. The van der Waals surface area contributed by atoms with Crippen LogP contribution in [-0.2, 0) is 0 Å². The molecule has 0 atom stereocenters. The van der Waals surface area contributed by atoms with Gasteiger partial charge < -0.3 is 10.6 Å². The van der Waals surface area contributed by atoms with Crippen LogP contribution in [0.4, 0.5) is 17.3 Å². The third kappa shape index (κ3) is 4.50. The molecule has 3 aromatic rings. The van der Waals surface area contributed by atoms with Gasteiger partial charge in [0.1, 0.15) is 0 Å². The zero-order valence-corrected chi connectivity index (χ0v) is 15.7. The summed E-state index contributed by atoms with van der Waals surface area (Å²) in [6, 6.07) is 13.9. The molecule has 2 N–H and O–H groups in total. The van der Waals surface area contributed by atoms with Crippen molar-refractivity contribution in [1.82, 2.24) is 9.97 Å². The van der Waals surface area contributed by atoms with Gasteiger partial charge in [-0.2, -0.15) is 0 Å². The highest BCUT2D eigenvalue weighted by Gasteiger charge is 2.11. The van der Waals surface area contributed by atoms with Crippen LogP contribution in [0.2, 0.25) is 10.0 Å². The van der Waals surface area contributed by atoms with E-state index >= 15 is 0 Å². The molecule has 0 unspecified atom stereocenters. The monoisotopic (exact) mass is 386 g/mol. The number of carbonyl (C=O) groups excluding carboxylic acids is 1. The first-order chi connectivity index (χ1) is 12.4. The highest BCUT2D eigenvalue weighted by atomic mass is 35.5. The number of nitrogens with one attached hydrogen (secondary N) is 2. The Labute approximate surface area is 161 Å². The van der Waals surface area contributed by atoms with Gasteiger partial charge in [0.25, 0.3) is 5.91 Å². The van der Waals surface area contributed by atoms with E-state index in [9.17, 15) is 4.79 Å². The number of carbonyl (C=O) groups is 1. The summed E-state index contributed by atoms with van der Waals surface area (Å²) in [6.45, 7) is 3.83. The average Bonchev–Trinajstić information content (AvgIpc) is 2.58. The molecule has 0 aliphatic heterocycles. The molecule has 3 rings (SSSR count). The summed E-state index contributed by atoms with van der Waals surface area (Å²) in [5.41, 5.74) is 3.56. The Morgan fingerprint density at radius 1 is 0.885 bits per heavy atom. The second kappa shape index (κ2) is 7.72. The van der Waals surface area contributed by atoms with Crippen LogP contribution in [0.25, 0.3) is 0 Å². The van der Waals surface area contributed by atoms with E-state index in [4.69, 9.17) is 23.2 Å². The van der Waals surface area contributed by atoms with Gasteiger partial charge in [-0.25, -0.2) is 9.97 Å². The zero-order valence-electron chi connectivity index (χ0n) is 14.2. The fourth-order valence-electron chi connectivity index (χ4n) is 2.42. The molecule has 0 aliphatic rings. The third-order valence-corrected chi connectivity index (χ3v) is 4.12. The molecular weight excluding hydrogens is 371 g/mol. The Morgan fingerprint density at radius 2 is 1.50 bits per heavy atom. The first-order valence-corrected chi connectivity index (χ1v) is 8.62. The van der Waals surface area contributed by atoms with Crippen molar-refractivity contribution in [1.29, 1.82) is 0 Å². The van der Waals surface area contributed by atoms with Gasteiger partial charge in [0.2, 0.25) is 5.95 Å². The van der Waals surface area contributed by atoms with E-state index in [1.54, 1.807) is 24.3 Å². The van der Waals surface area contributed by atoms with Gasteiger partial charge in [-0.15, -0.1) is 0 Å². The van der Waals surface area contributed by atoms with Crippen molar-refractivity contribution in [3.63, 3.8) is 0 Å². The number of rotatable bonds is 4. The Bertz CT molecular complexity index is 938. The Morgan fingerprint density at radius 3 is 2.15 bits per heavy atom. The van der Waals surface area contributed by atoms with Crippen LogP contribution in [0, 0.1) is 13.8 Å². The lowest BCUT2D eigenvalue weighted by Gasteiger charge is -2.09. The molecule has 5 nitrogen and oxygen atoms in total. The molecule has 0 radical (unpaired) electrons. The maximum atomic E-state index is 12.3. The summed E-state index contributed by atoms with van der Waals surface area (Å²) >= 11 is 12.0. The summed E-state index contributed by atoms with van der Waals surface area (Å²) < 4.78 is 0. The lowest BCUT2D eigenvalue weighted by Crippen LogP contribution is -2.12. The Balaban J connectivity index is 1.71. The first kappa shape index (κ1) is 18.2. The van der Waals surface area contributed by atoms with Crippen LogP contribution in [0.5, 0.6) is 0 Å². The maximum Gasteiger partial charge on any atom is 0.257 e. The van der Waals surface area contributed by atoms with E-state index in [1.165, 1.54) is 6.07 Å². The second-order valence-corrected chi connectivity index (χ2v) is 6.60. The van der Waals surface area contributed by atoms with Crippen molar-refractivity contribution >= 4 is 46.4 Å². The van der Waals surface area contributed by atoms with Crippen molar-refractivity contribution < 1.29 is 4.79 Å². The van der Waals surface area contributed by atoms with Gasteiger partial charge in [0.15, 0.2) is 0 Å². The highest BCUT2D eigenvalue weighted by Crippen LogP contribution is 2.23. The van der Waals surface area contributed by atoms with Crippen LogP contribution >= 0.6 is 23.2 Å². The SMILES string of the molecule is Cc1cc(C)nc(Nc2ccc(NC(=O)c3cc(Cl)ccc3Cl)cc2)n1. The number of nitrogens with zero attached hydrogens (tertiary/aromatic N) is 2. The Hall–Kier alpha value is -2.63. The van der Waals surface area contributed by atoms with Gasteiger partial charge in [-0.05, 0) is 62.4 Å². The molecule has 0 aliphatic carbocycles. The molecular formula is C19H16Cl2N4O. The molecule has 0 saturated heterocycles.